The van der Waals surface area contributed by atoms with Crippen molar-refractivity contribution in [1.29, 1.82) is 0 Å². The number of aromatic nitrogens is 3. The zero-order chi connectivity index (χ0) is 21.5. The Kier molecular flexibility index (Phi) is 5.13. The van der Waals surface area contributed by atoms with Gasteiger partial charge in [-0.25, -0.2) is 4.98 Å². The number of rotatable bonds is 6. The first-order chi connectivity index (χ1) is 14.2. The van der Waals surface area contributed by atoms with Gasteiger partial charge in [-0.05, 0) is 43.5 Å². The Labute approximate surface area is 171 Å². The number of benzene rings is 1. The maximum Gasteiger partial charge on any atom is 0.422 e. The van der Waals surface area contributed by atoms with Crippen molar-refractivity contribution in [2.75, 3.05) is 11.5 Å². The number of fused-ring (bicyclic) bond motifs is 1. The SMILES string of the molecule is C[C@H](c1ccc(OCC(F)(F)F)nc1)N(C(=O)C1CC1)c1ccc2cnn(C)c2c1. The van der Waals surface area contributed by atoms with Crippen LogP contribution in [0.2, 0.25) is 0 Å². The molecule has 1 saturated carbocycles. The van der Waals surface area contributed by atoms with Crippen LogP contribution in [0.5, 0.6) is 5.88 Å². The molecule has 1 amide bonds. The van der Waals surface area contributed by atoms with Gasteiger partial charge in [-0.1, -0.05) is 6.07 Å². The smallest absolute Gasteiger partial charge is 0.422 e. The number of alkyl halides is 3. The monoisotopic (exact) mass is 418 g/mol. The fourth-order valence-corrected chi connectivity index (χ4v) is 3.38. The van der Waals surface area contributed by atoms with Crippen molar-refractivity contribution in [2.24, 2.45) is 13.0 Å². The van der Waals surface area contributed by atoms with Gasteiger partial charge in [-0.3, -0.25) is 9.48 Å². The standard InChI is InChI=1S/C21H21F3N4O2/c1-13(15-6-8-19(25-10-15)30-12-21(22,23)24)28(20(29)14-3-4-14)17-7-5-16-11-26-27(2)18(16)9-17/h5-11,13-14H,3-4,12H2,1-2H3/t13-/m1/s1. The maximum atomic E-state index is 13.1. The topological polar surface area (TPSA) is 60.2 Å². The number of amides is 1. The molecule has 0 radical (unpaired) electrons. The van der Waals surface area contributed by atoms with Crippen LogP contribution in [0, 0.1) is 5.92 Å². The van der Waals surface area contributed by atoms with Gasteiger partial charge in [-0.2, -0.15) is 18.3 Å². The Morgan fingerprint density at radius 3 is 2.67 bits per heavy atom. The number of aryl methyl sites for hydroxylation is 1. The zero-order valence-corrected chi connectivity index (χ0v) is 16.6. The number of ether oxygens (including phenoxy) is 1. The van der Waals surface area contributed by atoms with Gasteiger partial charge in [0.05, 0.1) is 17.8 Å². The number of nitrogens with zero attached hydrogens (tertiary/aromatic N) is 4. The number of anilines is 1. The molecule has 0 N–H and O–H groups in total. The summed E-state index contributed by atoms with van der Waals surface area (Å²) in [4.78, 5) is 18.8. The van der Waals surface area contributed by atoms with Gasteiger partial charge in [0.15, 0.2) is 6.61 Å². The van der Waals surface area contributed by atoms with Crippen LogP contribution in [0.4, 0.5) is 18.9 Å². The third-order valence-electron chi connectivity index (χ3n) is 5.19. The second-order valence-electron chi connectivity index (χ2n) is 7.50. The first kappa shape index (κ1) is 20.2. The summed E-state index contributed by atoms with van der Waals surface area (Å²) in [6.07, 6.45) is 0.508. The van der Waals surface area contributed by atoms with Crippen molar-refractivity contribution < 1.29 is 22.7 Å². The molecule has 30 heavy (non-hydrogen) atoms. The molecule has 0 unspecified atom stereocenters. The van der Waals surface area contributed by atoms with Crippen LogP contribution in [0.15, 0.2) is 42.7 Å². The van der Waals surface area contributed by atoms with Crippen LogP contribution in [0.3, 0.4) is 0 Å². The third kappa shape index (κ3) is 4.24. The van der Waals surface area contributed by atoms with E-state index in [0.29, 0.717) is 5.56 Å². The summed E-state index contributed by atoms with van der Waals surface area (Å²) >= 11 is 0. The molecule has 0 aliphatic heterocycles. The molecule has 2 aromatic heterocycles. The van der Waals surface area contributed by atoms with Gasteiger partial charge >= 0.3 is 6.18 Å². The summed E-state index contributed by atoms with van der Waals surface area (Å²) < 4.78 is 43.4. The van der Waals surface area contributed by atoms with Gasteiger partial charge in [-0.15, -0.1) is 0 Å². The van der Waals surface area contributed by atoms with E-state index >= 15 is 0 Å². The van der Waals surface area contributed by atoms with Crippen LogP contribution in [0.1, 0.15) is 31.4 Å². The molecule has 158 valence electrons. The first-order valence-electron chi connectivity index (χ1n) is 9.63. The molecule has 0 saturated heterocycles. The van der Waals surface area contributed by atoms with Crippen molar-refractivity contribution in [1.82, 2.24) is 14.8 Å². The normalized spacial score (nSPS) is 15.2. The minimum atomic E-state index is -4.43. The lowest BCUT2D eigenvalue weighted by Crippen LogP contribution is -2.34. The van der Waals surface area contributed by atoms with Crippen molar-refractivity contribution in [2.45, 2.75) is 32.0 Å². The Morgan fingerprint density at radius 2 is 2.03 bits per heavy atom. The maximum absolute atomic E-state index is 13.1. The first-order valence-corrected chi connectivity index (χ1v) is 9.63. The summed E-state index contributed by atoms with van der Waals surface area (Å²) in [6.45, 7) is 0.479. The molecule has 1 aliphatic carbocycles. The number of carbonyl (C=O) groups is 1. The third-order valence-corrected chi connectivity index (χ3v) is 5.19. The summed E-state index contributed by atoms with van der Waals surface area (Å²) in [6, 6.07) is 8.40. The average Bonchev–Trinajstić information content (AvgIpc) is 3.50. The van der Waals surface area contributed by atoms with Gasteiger partial charge < -0.3 is 9.64 Å². The van der Waals surface area contributed by atoms with E-state index in [4.69, 9.17) is 0 Å². The number of carbonyl (C=O) groups excluding carboxylic acids is 1. The van der Waals surface area contributed by atoms with E-state index in [0.717, 1.165) is 29.4 Å². The highest BCUT2D eigenvalue weighted by Crippen LogP contribution is 2.37. The van der Waals surface area contributed by atoms with Crippen LogP contribution in [-0.4, -0.2) is 33.5 Å². The van der Waals surface area contributed by atoms with Crippen molar-refractivity contribution in [3.8, 4) is 5.88 Å². The molecule has 2 heterocycles. The van der Waals surface area contributed by atoms with E-state index in [-0.39, 0.29) is 23.7 Å². The summed E-state index contributed by atoms with van der Waals surface area (Å²) in [5, 5.41) is 5.22. The fourth-order valence-electron chi connectivity index (χ4n) is 3.38. The van der Waals surface area contributed by atoms with Gasteiger partial charge in [0.2, 0.25) is 11.8 Å². The lowest BCUT2D eigenvalue weighted by molar-refractivity contribution is -0.154. The van der Waals surface area contributed by atoms with Crippen LogP contribution in [0.25, 0.3) is 10.9 Å². The highest BCUT2D eigenvalue weighted by Gasteiger charge is 2.36. The molecule has 3 aromatic rings. The van der Waals surface area contributed by atoms with Crippen molar-refractivity contribution >= 4 is 22.5 Å². The minimum Gasteiger partial charge on any atom is -0.468 e. The number of pyridine rings is 1. The molecule has 0 bridgehead atoms. The molecule has 1 aromatic carbocycles. The molecule has 6 nitrogen and oxygen atoms in total. The van der Waals surface area contributed by atoms with E-state index in [1.165, 1.54) is 12.3 Å². The van der Waals surface area contributed by atoms with E-state index in [2.05, 4.69) is 14.8 Å². The molecule has 0 spiro atoms. The number of hydrogen-bond donors (Lipinski definition) is 0. The zero-order valence-electron chi connectivity index (χ0n) is 16.6. The molecule has 1 atom stereocenters. The Balaban J connectivity index is 1.62. The second-order valence-corrected chi connectivity index (χ2v) is 7.50. The van der Waals surface area contributed by atoms with Gasteiger partial charge in [0.1, 0.15) is 0 Å². The molecular formula is C21H21F3N4O2. The summed E-state index contributed by atoms with van der Waals surface area (Å²) in [7, 11) is 1.84. The highest BCUT2D eigenvalue weighted by molar-refractivity contribution is 5.98. The van der Waals surface area contributed by atoms with Crippen LogP contribution in [-0.2, 0) is 11.8 Å². The second kappa shape index (κ2) is 7.62. The van der Waals surface area contributed by atoms with E-state index in [9.17, 15) is 18.0 Å². The van der Waals surface area contributed by atoms with Gasteiger partial charge in [0, 0.05) is 36.3 Å². The number of hydrogen-bond acceptors (Lipinski definition) is 4. The van der Waals surface area contributed by atoms with E-state index in [1.54, 1.807) is 21.8 Å². The quantitative estimate of drug-likeness (QED) is 0.595. The predicted octanol–water partition coefficient (Wildman–Crippen LogP) is 4.41. The predicted molar refractivity (Wildman–Crippen MR) is 105 cm³/mol. The number of halogens is 3. The molecule has 4 rings (SSSR count). The molecular weight excluding hydrogens is 397 g/mol. The fraction of sp³-hybridized carbons (Fsp3) is 0.381. The Hall–Kier alpha value is -3.10. The summed E-state index contributed by atoms with van der Waals surface area (Å²) in [5.41, 5.74) is 2.35. The van der Waals surface area contributed by atoms with Crippen LogP contribution < -0.4 is 9.64 Å². The highest BCUT2D eigenvalue weighted by atomic mass is 19.4. The van der Waals surface area contributed by atoms with Crippen molar-refractivity contribution in [3.05, 3.63) is 48.3 Å². The minimum absolute atomic E-state index is 0.00274. The van der Waals surface area contributed by atoms with Gasteiger partial charge in [0.25, 0.3) is 0 Å². The van der Waals surface area contributed by atoms with Crippen molar-refractivity contribution in [3.63, 3.8) is 0 Å². The summed E-state index contributed by atoms with van der Waals surface area (Å²) in [5.74, 6) is -0.0851. The molecule has 1 fully saturated rings. The van der Waals surface area contributed by atoms with Crippen LogP contribution >= 0.6 is 0 Å². The lowest BCUT2D eigenvalue weighted by Gasteiger charge is -2.30. The largest absolute Gasteiger partial charge is 0.468 e. The Morgan fingerprint density at radius 1 is 1.27 bits per heavy atom. The van der Waals surface area contributed by atoms with E-state index in [1.807, 2.05) is 32.2 Å². The molecule has 1 aliphatic rings. The van der Waals surface area contributed by atoms with E-state index < -0.39 is 12.8 Å². The average molecular weight is 418 g/mol. The molecule has 9 heteroatoms. The Bertz CT molecular complexity index is 1060. The lowest BCUT2D eigenvalue weighted by atomic mass is 10.1.